The van der Waals surface area contributed by atoms with Crippen LogP contribution in [0.25, 0.3) is 22.4 Å². The highest BCUT2D eigenvalue weighted by Crippen LogP contribution is 2.24. The fourth-order valence-electron chi connectivity index (χ4n) is 4.71. The van der Waals surface area contributed by atoms with Crippen LogP contribution in [0.4, 0.5) is 0 Å². The van der Waals surface area contributed by atoms with Crippen molar-refractivity contribution in [1.82, 2.24) is 29.4 Å². The molecule has 3 aromatic heterocycles. The first-order valence-electron chi connectivity index (χ1n) is 13.0. The molecule has 0 radical (unpaired) electrons. The molecule has 8 heteroatoms. The lowest BCUT2D eigenvalue weighted by Crippen LogP contribution is -2.33. The molecule has 8 nitrogen and oxygen atoms in total. The van der Waals surface area contributed by atoms with Crippen molar-refractivity contribution in [2.75, 3.05) is 0 Å². The Labute approximate surface area is 221 Å². The molecule has 0 spiro atoms. The first-order chi connectivity index (χ1) is 18.5. The zero-order valence-corrected chi connectivity index (χ0v) is 21.7. The highest BCUT2D eigenvalue weighted by molar-refractivity contribution is 5.87. The molecule has 1 amide bonds. The number of hydrogen-bond acceptors (Lipinski definition) is 4. The first kappa shape index (κ1) is 25.2. The SMILES string of the molecule is Cc1nn(CCCC(=O)N[C@@H](C)CCc2ccccc2)c(=O)c2c(-n3cccc3)n(-c3ccccc3)nc12. The third kappa shape index (κ3) is 5.44. The number of nitrogens with one attached hydrogen (secondary N) is 1. The van der Waals surface area contributed by atoms with E-state index >= 15 is 0 Å². The Hall–Kier alpha value is -4.46. The van der Waals surface area contributed by atoms with Crippen LogP contribution in [0.2, 0.25) is 0 Å². The van der Waals surface area contributed by atoms with Gasteiger partial charge in [0, 0.05) is 31.4 Å². The monoisotopic (exact) mass is 508 g/mol. The number of aromatic nitrogens is 5. The van der Waals surface area contributed by atoms with Crippen LogP contribution >= 0.6 is 0 Å². The van der Waals surface area contributed by atoms with Crippen LogP contribution in [0.5, 0.6) is 0 Å². The largest absolute Gasteiger partial charge is 0.354 e. The summed E-state index contributed by atoms with van der Waals surface area (Å²) in [7, 11) is 0. The fraction of sp³-hybridized carbons (Fsp3) is 0.267. The Morgan fingerprint density at radius 3 is 2.34 bits per heavy atom. The van der Waals surface area contributed by atoms with E-state index in [1.54, 1.807) is 4.68 Å². The molecule has 1 N–H and O–H groups in total. The van der Waals surface area contributed by atoms with Gasteiger partial charge in [-0.2, -0.15) is 10.2 Å². The molecule has 0 aliphatic heterocycles. The van der Waals surface area contributed by atoms with Crippen LogP contribution in [-0.4, -0.2) is 36.1 Å². The minimum atomic E-state index is -0.215. The second-order valence-corrected chi connectivity index (χ2v) is 9.59. The van der Waals surface area contributed by atoms with Gasteiger partial charge in [0.25, 0.3) is 5.56 Å². The molecule has 0 saturated carbocycles. The maximum Gasteiger partial charge on any atom is 0.280 e. The highest BCUT2D eigenvalue weighted by Gasteiger charge is 2.21. The zero-order chi connectivity index (χ0) is 26.5. The van der Waals surface area contributed by atoms with Crippen LogP contribution < -0.4 is 10.9 Å². The van der Waals surface area contributed by atoms with E-state index in [4.69, 9.17) is 5.10 Å². The number of nitrogens with zero attached hydrogens (tertiary/aromatic N) is 5. The topological polar surface area (TPSA) is 86.7 Å². The molecule has 2 aromatic carbocycles. The van der Waals surface area contributed by atoms with Crippen molar-refractivity contribution in [3.8, 4) is 11.5 Å². The third-order valence-electron chi connectivity index (χ3n) is 6.66. The Bertz CT molecular complexity index is 1570. The number of carbonyl (C=O) groups excluding carboxylic acids is 1. The van der Waals surface area contributed by atoms with Crippen molar-refractivity contribution >= 4 is 16.8 Å². The van der Waals surface area contributed by atoms with E-state index in [9.17, 15) is 9.59 Å². The average molecular weight is 509 g/mol. The average Bonchev–Trinajstić information content (AvgIpc) is 3.60. The molecule has 0 fully saturated rings. The third-order valence-corrected chi connectivity index (χ3v) is 6.66. The Balaban J connectivity index is 1.31. The highest BCUT2D eigenvalue weighted by atomic mass is 16.1. The van der Waals surface area contributed by atoms with E-state index in [1.807, 2.05) is 91.5 Å². The summed E-state index contributed by atoms with van der Waals surface area (Å²) < 4.78 is 5.15. The summed E-state index contributed by atoms with van der Waals surface area (Å²) >= 11 is 0. The minimum Gasteiger partial charge on any atom is -0.354 e. The fourth-order valence-corrected chi connectivity index (χ4v) is 4.71. The second-order valence-electron chi connectivity index (χ2n) is 9.59. The van der Waals surface area contributed by atoms with Gasteiger partial charge in [0.15, 0.2) is 5.82 Å². The Morgan fingerprint density at radius 1 is 0.947 bits per heavy atom. The molecule has 38 heavy (non-hydrogen) atoms. The van der Waals surface area contributed by atoms with Crippen molar-refractivity contribution in [2.45, 2.75) is 52.1 Å². The molecule has 0 saturated heterocycles. The predicted octanol–water partition coefficient (Wildman–Crippen LogP) is 4.60. The number of fused-ring (bicyclic) bond motifs is 1. The number of para-hydroxylation sites is 1. The maximum absolute atomic E-state index is 13.6. The molecule has 5 aromatic rings. The molecule has 0 aliphatic rings. The quantitative estimate of drug-likeness (QED) is 0.299. The van der Waals surface area contributed by atoms with E-state index < -0.39 is 0 Å². The van der Waals surface area contributed by atoms with Crippen molar-refractivity contribution in [3.63, 3.8) is 0 Å². The molecule has 0 aliphatic carbocycles. The predicted molar refractivity (Wildman–Crippen MR) is 149 cm³/mol. The molecular formula is C30H32N6O2. The summed E-state index contributed by atoms with van der Waals surface area (Å²) in [5, 5.41) is 12.9. The molecular weight excluding hydrogens is 476 g/mol. The zero-order valence-electron chi connectivity index (χ0n) is 21.7. The van der Waals surface area contributed by atoms with Gasteiger partial charge < -0.3 is 9.88 Å². The van der Waals surface area contributed by atoms with Gasteiger partial charge in [-0.05, 0) is 62.9 Å². The summed E-state index contributed by atoms with van der Waals surface area (Å²) in [6, 6.07) is 23.9. The number of amides is 1. The number of carbonyl (C=O) groups is 1. The summed E-state index contributed by atoms with van der Waals surface area (Å²) in [4.78, 5) is 26.2. The molecule has 0 unspecified atom stereocenters. The van der Waals surface area contributed by atoms with Gasteiger partial charge in [0.1, 0.15) is 10.9 Å². The summed E-state index contributed by atoms with van der Waals surface area (Å²) in [6.45, 7) is 4.24. The van der Waals surface area contributed by atoms with Gasteiger partial charge in [-0.1, -0.05) is 48.5 Å². The van der Waals surface area contributed by atoms with E-state index in [1.165, 1.54) is 10.2 Å². The second kappa shape index (κ2) is 11.3. The van der Waals surface area contributed by atoms with Crippen LogP contribution in [-0.2, 0) is 17.8 Å². The van der Waals surface area contributed by atoms with E-state index in [-0.39, 0.29) is 17.5 Å². The van der Waals surface area contributed by atoms with E-state index in [2.05, 4.69) is 22.5 Å². The van der Waals surface area contributed by atoms with E-state index in [0.717, 1.165) is 18.5 Å². The molecule has 5 rings (SSSR count). The van der Waals surface area contributed by atoms with Gasteiger partial charge in [0.05, 0.1) is 11.4 Å². The Morgan fingerprint density at radius 2 is 1.63 bits per heavy atom. The molecule has 0 bridgehead atoms. The first-order valence-corrected chi connectivity index (χ1v) is 13.0. The van der Waals surface area contributed by atoms with Gasteiger partial charge >= 0.3 is 0 Å². The molecule has 1 atom stereocenters. The van der Waals surface area contributed by atoms with Crippen LogP contribution in [0.3, 0.4) is 0 Å². The van der Waals surface area contributed by atoms with Crippen LogP contribution in [0.15, 0.2) is 90.0 Å². The van der Waals surface area contributed by atoms with Gasteiger partial charge in [0.2, 0.25) is 5.91 Å². The van der Waals surface area contributed by atoms with Gasteiger partial charge in [-0.25, -0.2) is 9.36 Å². The van der Waals surface area contributed by atoms with Gasteiger partial charge in [-0.15, -0.1) is 0 Å². The number of benzene rings is 2. The Kier molecular flexibility index (Phi) is 7.49. The standard InChI is InChI=1S/C30H32N6O2/c1-22(17-18-24-12-5-3-6-13-24)31-26(37)16-11-21-35-30(38)27-28(23(2)32-35)33-36(25-14-7-4-8-15-25)29(27)34-19-9-10-20-34/h3-10,12-15,19-20,22H,11,16-18,21H2,1-2H3,(H,31,37)/t22-/m0/s1. The van der Waals surface area contributed by atoms with Crippen molar-refractivity contribution in [2.24, 2.45) is 0 Å². The number of aryl methyl sites for hydroxylation is 3. The maximum atomic E-state index is 13.6. The van der Waals surface area contributed by atoms with Crippen molar-refractivity contribution in [3.05, 3.63) is 107 Å². The van der Waals surface area contributed by atoms with Gasteiger partial charge in [-0.3, -0.25) is 9.59 Å². The lowest BCUT2D eigenvalue weighted by atomic mass is 10.1. The summed E-state index contributed by atoms with van der Waals surface area (Å²) in [6.07, 6.45) is 6.44. The van der Waals surface area contributed by atoms with Crippen LogP contribution in [0, 0.1) is 6.92 Å². The number of rotatable bonds is 10. The lowest BCUT2D eigenvalue weighted by molar-refractivity contribution is -0.121. The summed E-state index contributed by atoms with van der Waals surface area (Å²) in [5.41, 5.74) is 3.15. The smallest absolute Gasteiger partial charge is 0.280 e. The molecule has 194 valence electrons. The van der Waals surface area contributed by atoms with Crippen molar-refractivity contribution in [1.29, 1.82) is 0 Å². The minimum absolute atomic E-state index is 0.0127. The lowest BCUT2D eigenvalue weighted by Gasteiger charge is -2.14. The van der Waals surface area contributed by atoms with E-state index in [0.29, 0.717) is 41.8 Å². The van der Waals surface area contributed by atoms with Crippen molar-refractivity contribution < 1.29 is 4.79 Å². The summed E-state index contributed by atoms with van der Waals surface area (Å²) in [5.74, 6) is 0.659. The van der Waals surface area contributed by atoms with Crippen LogP contribution in [0.1, 0.15) is 37.4 Å². The molecule has 3 heterocycles. The number of hydrogen-bond donors (Lipinski definition) is 1. The normalized spacial score (nSPS) is 12.1.